The fourth-order valence-electron chi connectivity index (χ4n) is 4.61. The van der Waals surface area contributed by atoms with Crippen molar-refractivity contribution in [1.82, 2.24) is 9.55 Å². The Morgan fingerprint density at radius 3 is 2.59 bits per heavy atom. The zero-order valence-corrected chi connectivity index (χ0v) is 24.1. The molecule has 0 bridgehead atoms. The maximum absolute atomic E-state index is 14.5. The van der Waals surface area contributed by atoms with Crippen molar-refractivity contribution in [2.24, 2.45) is 5.92 Å². The summed E-state index contributed by atoms with van der Waals surface area (Å²) < 4.78 is 42.5. The third kappa shape index (κ3) is 7.15. The van der Waals surface area contributed by atoms with Crippen LogP contribution in [0, 0.1) is 5.92 Å². The summed E-state index contributed by atoms with van der Waals surface area (Å²) in [5.74, 6) is 0.0684. The molecule has 0 aliphatic heterocycles. The van der Waals surface area contributed by atoms with Crippen LogP contribution in [0.5, 0.6) is 0 Å². The number of ketones is 1. The van der Waals surface area contributed by atoms with Gasteiger partial charge in [-0.25, -0.2) is 13.8 Å². The maximum Gasteiger partial charge on any atom is 0.252 e. The molecule has 39 heavy (non-hydrogen) atoms. The zero-order chi connectivity index (χ0) is 27.4. The number of unbranched alkanes of at least 4 members (excludes halogenated alkanes) is 1. The van der Waals surface area contributed by atoms with Crippen LogP contribution in [0.3, 0.4) is 0 Å². The number of allylic oxidation sites excluding steroid dienone is 5. The Kier molecular flexibility index (Phi) is 10.1. The van der Waals surface area contributed by atoms with E-state index in [1.54, 1.807) is 60.7 Å². The Morgan fingerprint density at radius 1 is 1.23 bits per heavy atom. The standard InChI is InChI=1S/C30H32F2N3O2S.Mn/c1-5-6-9-20(2)28(36)21-12-17-27-26(18-21)34-29(33-23-13-15-24(16-14-23)38(4)37)35(27)19-22-10-7-8-11-25(22)30(3,31)32;/h7-8,10,12-18,25H,2,4-6,9,11,19H2,1,3H3,(H,33,34);/q-1;. The number of halogens is 2. The van der Waals surface area contributed by atoms with Crippen molar-refractivity contribution in [2.45, 2.75) is 56.9 Å². The van der Waals surface area contributed by atoms with Crippen molar-refractivity contribution >= 4 is 44.7 Å². The first-order valence-electron chi connectivity index (χ1n) is 12.6. The molecule has 1 aliphatic carbocycles. The number of nitrogens with one attached hydrogen (secondary N) is 1. The van der Waals surface area contributed by atoms with Crippen molar-refractivity contribution in [3.8, 4) is 0 Å². The molecule has 1 N–H and O–H groups in total. The molecule has 0 saturated heterocycles. The summed E-state index contributed by atoms with van der Waals surface area (Å²) in [5, 5.41) is 3.27. The van der Waals surface area contributed by atoms with Gasteiger partial charge in [-0.3, -0.25) is 15.2 Å². The van der Waals surface area contributed by atoms with Crippen LogP contribution in [-0.4, -0.2) is 27.1 Å². The van der Waals surface area contributed by atoms with Gasteiger partial charge in [0.2, 0.25) is 5.95 Å². The van der Waals surface area contributed by atoms with E-state index in [1.807, 2.05) is 4.57 Å². The molecule has 2 aromatic carbocycles. The van der Waals surface area contributed by atoms with Crippen LogP contribution in [0.4, 0.5) is 20.4 Å². The predicted molar refractivity (Wildman–Crippen MR) is 152 cm³/mol. The van der Waals surface area contributed by atoms with Gasteiger partial charge in [0.1, 0.15) is 0 Å². The Morgan fingerprint density at radius 2 is 1.95 bits per heavy atom. The van der Waals surface area contributed by atoms with Crippen molar-refractivity contribution in [3.63, 3.8) is 0 Å². The Bertz CT molecular complexity index is 1490. The number of nitrogens with zero attached hydrogens (tertiary/aromatic N) is 2. The quantitative estimate of drug-likeness (QED) is 0.0820. The largest absolute Gasteiger partial charge is 0.457 e. The average Bonchev–Trinajstić information content (AvgIpc) is 3.22. The number of aromatic nitrogens is 2. The first-order chi connectivity index (χ1) is 18.1. The molecule has 4 rings (SSSR count). The van der Waals surface area contributed by atoms with Crippen LogP contribution >= 0.6 is 0 Å². The van der Waals surface area contributed by atoms with Gasteiger partial charge in [-0.15, -0.1) is 4.90 Å². The van der Waals surface area contributed by atoms with E-state index in [0.717, 1.165) is 19.8 Å². The van der Waals surface area contributed by atoms with E-state index in [9.17, 15) is 17.8 Å². The number of hydrogen-bond donors (Lipinski definition) is 1. The van der Waals surface area contributed by atoms with Crippen molar-refractivity contribution in [3.05, 3.63) is 84.0 Å². The van der Waals surface area contributed by atoms with E-state index < -0.39 is 22.2 Å². The molecular formula is C30H32F2MnN3O2S-. The van der Waals surface area contributed by atoms with E-state index in [1.165, 1.54) is 0 Å². The van der Waals surface area contributed by atoms with E-state index in [-0.39, 0.29) is 35.8 Å². The average molecular weight is 592 g/mol. The van der Waals surface area contributed by atoms with Crippen LogP contribution in [0.15, 0.2) is 83.3 Å². The normalized spacial score (nSPS) is 15.2. The number of Topliss-reactive ketones (excluding diaryl/α,β-unsaturated/α-hetero) is 1. The summed E-state index contributed by atoms with van der Waals surface area (Å²) in [7, 11) is -1.35. The van der Waals surface area contributed by atoms with Gasteiger partial charge in [-0.2, -0.15) is 5.87 Å². The van der Waals surface area contributed by atoms with Gasteiger partial charge < -0.3 is 14.1 Å². The number of fused-ring (bicyclic) bond motifs is 1. The number of rotatable bonds is 11. The van der Waals surface area contributed by atoms with Gasteiger partial charge in [-0.1, -0.05) is 50.3 Å². The van der Waals surface area contributed by atoms with E-state index in [4.69, 9.17) is 4.98 Å². The van der Waals surface area contributed by atoms with Crippen LogP contribution < -0.4 is 5.32 Å². The molecule has 0 spiro atoms. The van der Waals surface area contributed by atoms with Gasteiger partial charge in [0, 0.05) is 40.8 Å². The molecule has 1 radical (unpaired) electrons. The van der Waals surface area contributed by atoms with Gasteiger partial charge in [0.05, 0.1) is 11.0 Å². The monoisotopic (exact) mass is 591 g/mol. The predicted octanol–water partition coefficient (Wildman–Crippen LogP) is 7.62. The van der Waals surface area contributed by atoms with Gasteiger partial charge in [-0.05, 0) is 67.7 Å². The van der Waals surface area contributed by atoms with Gasteiger partial charge in [0.15, 0.2) is 5.78 Å². The first-order valence-corrected chi connectivity index (χ1v) is 13.9. The Hall–Kier alpha value is -3.00. The minimum absolute atomic E-state index is 0. The summed E-state index contributed by atoms with van der Waals surface area (Å²) in [4.78, 5) is 18.3. The number of alkyl halides is 2. The van der Waals surface area contributed by atoms with Crippen LogP contribution in [0.2, 0.25) is 0 Å². The van der Waals surface area contributed by atoms with Gasteiger partial charge >= 0.3 is 0 Å². The van der Waals surface area contributed by atoms with Crippen molar-refractivity contribution in [2.75, 3.05) is 5.32 Å². The van der Waals surface area contributed by atoms with E-state index in [0.29, 0.717) is 50.7 Å². The molecular weight excluding hydrogens is 559 g/mol. The molecule has 0 saturated carbocycles. The summed E-state index contributed by atoms with van der Waals surface area (Å²) in [6.45, 7) is 7.17. The van der Waals surface area contributed by atoms with Crippen LogP contribution in [0.25, 0.3) is 11.0 Å². The van der Waals surface area contributed by atoms with Gasteiger partial charge in [0.25, 0.3) is 5.92 Å². The molecule has 5 nitrogen and oxygen atoms in total. The number of carbonyl (C=O) groups is 1. The zero-order valence-electron chi connectivity index (χ0n) is 22.1. The molecule has 1 unspecified atom stereocenters. The minimum Gasteiger partial charge on any atom is -0.457 e. The number of carbonyl (C=O) groups excluding carboxylic acids is 1. The summed E-state index contributed by atoms with van der Waals surface area (Å²) in [5.41, 5.74) is 3.62. The maximum atomic E-state index is 14.5. The second-order valence-electron chi connectivity index (χ2n) is 9.67. The molecule has 9 heteroatoms. The smallest absolute Gasteiger partial charge is 0.252 e. The van der Waals surface area contributed by atoms with Crippen LogP contribution in [0.1, 0.15) is 49.9 Å². The fourth-order valence-corrected chi connectivity index (χ4v) is 5.04. The molecule has 1 heterocycles. The molecule has 1 atom stereocenters. The SMILES string of the molecule is C=C(CCCC)C(=O)c1ccc2c(c1)nc(Nc1ccc([S-](=C)=O)cc1)n2CC1=CC=CCC1C(C)(F)F.[Mn]. The van der Waals surface area contributed by atoms with E-state index in [2.05, 4.69) is 24.7 Å². The second-order valence-corrected chi connectivity index (χ2v) is 10.8. The number of benzene rings is 2. The third-order valence-electron chi connectivity index (χ3n) is 6.76. The Labute approximate surface area is 240 Å². The fraction of sp³-hybridized carbons (Fsp3) is 0.300. The number of imidazole rings is 1. The molecule has 0 fully saturated rings. The molecule has 0 amide bonds. The number of hydrogen-bond acceptors (Lipinski definition) is 5. The molecule has 1 aliphatic rings. The minimum atomic E-state index is -2.88. The topological polar surface area (TPSA) is 64.0 Å². The summed E-state index contributed by atoms with van der Waals surface area (Å²) in [6, 6.07) is 12.2. The molecule has 3 aromatic rings. The second kappa shape index (κ2) is 12.9. The molecule has 1 aromatic heterocycles. The van der Waals surface area contributed by atoms with Crippen LogP contribution in [-0.2, 0) is 38.2 Å². The molecule has 207 valence electrons. The summed E-state index contributed by atoms with van der Waals surface area (Å²) in [6.07, 6.45) is 8.06. The summed E-state index contributed by atoms with van der Waals surface area (Å²) >= 11 is 0. The number of anilines is 2. The van der Waals surface area contributed by atoms with Crippen molar-refractivity contribution in [1.29, 1.82) is 0 Å². The van der Waals surface area contributed by atoms with Crippen molar-refractivity contribution < 1.29 is 34.9 Å². The third-order valence-corrected chi connectivity index (χ3v) is 7.55. The van der Waals surface area contributed by atoms with E-state index >= 15 is 0 Å². The first kappa shape index (κ1) is 30.5. The Balaban J connectivity index is 0.00000420.